The average molecular weight is 1040 g/mol. The molecule has 0 aromatic carbocycles. The maximum Gasteiger partial charge on any atom is 0.228 e. The molecule has 0 saturated carbocycles. The van der Waals surface area contributed by atoms with Gasteiger partial charge in [0.25, 0.3) is 0 Å². The number of aromatic amines is 1. The Bertz CT molecular complexity index is 1740. The molecule has 0 bridgehead atoms. The topological polar surface area (TPSA) is 165 Å². The van der Waals surface area contributed by atoms with E-state index in [0.29, 0.717) is 42.1 Å². The van der Waals surface area contributed by atoms with E-state index in [-0.39, 0.29) is 48.3 Å². The Morgan fingerprint density at radius 3 is 1.20 bits per heavy atom. The molecule has 15 heteroatoms. The predicted molar refractivity (Wildman–Crippen MR) is 304 cm³/mol. The third kappa shape index (κ3) is 28.5. The van der Waals surface area contributed by atoms with Crippen molar-refractivity contribution in [3.8, 4) is 0 Å². The number of likely N-dealkylation sites (tertiary alicyclic amines) is 3. The van der Waals surface area contributed by atoms with E-state index < -0.39 is 0 Å². The van der Waals surface area contributed by atoms with Crippen molar-refractivity contribution in [2.75, 3.05) is 72.0 Å². The number of hydrogen-bond donors (Lipinski definition) is 1. The molecule has 4 aliphatic heterocycles. The van der Waals surface area contributed by atoms with Gasteiger partial charge in [-0.2, -0.15) is 0 Å². The first-order valence-electron chi connectivity index (χ1n) is 28.4. The molecule has 426 valence electrons. The van der Waals surface area contributed by atoms with Crippen molar-refractivity contribution in [2.24, 2.45) is 35.0 Å². The summed E-state index contributed by atoms with van der Waals surface area (Å²) in [6.45, 7) is 41.5. The molecule has 4 saturated heterocycles. The highest BCUT2D eigenvalue weighted by molar-refractivity contribution is 5.82. The summed E-state index contributed by atoms with van der Waals surface area (Å²) in [5, 5.41) is 0. The van der Waals surface area contributed by atoms with Crippen molar-refractivity contribution < 1.29 is 28.8 Å². The normalized spacial score (nSPS) is 16.0. The minimum Gasteiger partial charge on any atom is -0.349 e. The largest absolute Gasteiger partial charge is 0.349 e. The van der Waals surface area contributed by atoms with E-state index in [9.17, 15) is 28.8 Å². The lowest BCUT2D eigenvalue weighted by atomic mass is 9.94. The van der Waals surface area contributed by atoms with Crippen LogP contribution in [0.15, 0.2) is 24.8 Å². The highest BCUT2D eigenvalue weighted by Gasteiger charge is 2.29. The predicted octanol–water partition coefficient (Wildman–Crippen LogP) is 10.4. The summed E-state index contributed by atoms with van der Waals surface area (Å²) >= 11 is 0. The lowest BCUT2D eigenvalue weighted by molar-refractivity contribution is -0.141. The Kier molecular flexibility index (Phi) is 35.9. The molecule has 0 radical (unpaired) electrons. The van der Waals surface area contributed by atoms with Gasteiger partial charge >= 0.3 is 0 Å². The molecule has 6 heterocycles. The molecule has 4 aliphatic rings. The highest BCUT2D eigenvalue weighted by atomic mass is 16.2. The number of aryl methyl sites for hydroxylation is 3. The fourth-order valence-electron chi connectivity index (χ4n) is 8.52. The monoisotopic (exact) mass is 1040 g/mol. The lowest BCUT2D eigenvalue weighted by Crippen LogP contribution is -2.51. The third-order valence-corrected chi connectivity index (χ3v) is 13.4. The molecule has 0 atom stereocenters. The second-order valence-electron chi connectivity index (χ2n) is 22.5. The summed E-state index contributed by atoms with van der Waals surface area (Å²) in [6.07, 6.45) is 20.9. The molecule has 4 amide bonds. The lowest BCUT2D eigenvalue weighted by Gasteiger charge is -2.37. The maximum atomic E-state index is 11.9. The van der Waals surface area contributed by atoms with Gasteiger partial charge in [-0.1, -0.05) is 104 Å². The molecular weight excluding hydrogens is 931 g/mol. The van der Waals surface area contributed by atoms with Gasteiger partial charge in [0.15, 0.2) is 0 Å². The molecule has 1 N–H and O–H groups in total. The number of piperidine rings is 3. The Hall–Kier alpha value is -4.40. The number of Topliss-reactive ketones (excluding diaryl/α,β-unsaturated/α-hetero) is 2. The van der Waals surface area contributed by atoms with Crippen molar-refractivity contribution >= 4 is 35.2 Å². The fraction of sp³-hybridized carbons (Fsp3) is 0.797. The van der Waals surface area contributed by atoms with Crippen LogP contribution in [0.3, 0.4) is 0 Å². The number of carbonyl (C=O) groups excluding carboxylic acids is 6. The summed E-state index contributed by atoms with van der Waals surface area (Å²) < 4.78 is 2.08. The number of nitrogens with zero attached hydrogens (tertiary/aromatic N) is 8. The zero-order chi connectivity index (χ0) is 55.1. The minimum atomic E-state index is -0.228. The molecule has 2 aromatic heterocycles. The van der Waals surface area contributed by atoms with E-state index in [1.807, 2.05) is 116 Å². The van der Waals surface area contributed by atoms with Crippen LogP contribution in [0.2, 0.25) is 0 Å². The van der Waals surface area contributed by atoms with Crippen molar-refractivity contribution in [3.63, 3.8) is 0 Å². The van der Waals surface area contributed by atoms with Crippen LogP contribution in [0.5, 0.6) is 0 Å². The van der Waals surface area contributed by atoms with E-state index in [4.69, 9.17) is 0 Å². The number of rotatable bonds is 13. The number of piperazine rings is 1. The molecular formula is C59H109N9O6. The number of H-pyrrole nitrogens is 1. The molecule has 0 unspecified atom stereocenters. The van der Waals surface area contributed by atoms with Gasteiger partial charge < -0.3 is 34.1 Å². The smallest absolute Gasteiger partial charge is 0.228 e. The second kappa shape index (κ2) is 38.2. The SMILES string of the molecule is C.CC(C)C(=O)CCc1ncc[nH]1.CC(C)C(=O)N1CCCCC1.CC(C)C(=O)N1CCCCC1.CC(C)C(=O)N1CCCCC1.CCN1CCN(C(=O)C(C)(C)C)CC1.CCn1ccnc1CCC(=O)C(C)C. The van der Waals surface area contributed by atoms with Crippen LogP contribution in [0.25, 0.3) is 0 Å². The molecule has 0 aliphatic carbocycles. The van der Waals surface area contributed by atoms with Gasteiger partial charge in [-0.05, 0) is 71.3 Å². The van der Waals surface area contributed by atoms with Crippen LogP contribution in [0, 0.1) is 35.0 Å². The van der Waals surface area contributed by atoms with E-state index >= 15 is 0 Å². The average Bonchev–Trinajstić information content (AvgIpc) is 4.10. The number of ketones is 2. The quantitative estimate of drug-likeness (QED) is 0.206. The van der Waals surface area contributed by atoms with Crippen LogP contribution in [0.1, 0.15) is 194 Å². The fourth-order valence-corrected chi connectivity index (χ4v) is 8.52. The van der Waals surface area contributed by atoms with Crippen LogP contribution in [0.4, 0.5) is 0 Å². The summed E-state index contributed by atoms with van der Waals surface area (Å²) in [5.74, 6) is 4.58. The molecule has 74 heavy (non-hydrogen) atoms. The summed E-state index contributed by atoms with van der Waals surface area (Å²) in [6, 6.07) is 0. The Morgan fingerprint density at radius 2 is 0.892 bits per heavy atom. The van der Waals surface area contributed by atoms with Crippen LogP contribution >= 0.6 is 0 Å². The number of amides is 4. The number of aromatic nitrogens is 4. The Labute approximate surface area is 451 Å². The number of hydrogen-bond acceptors (Lipinski definition) is 9. The molecule has 6 rings (SSSR count). The van der Waals surface area contributed by atoms with Crippen LogP contribution in [-0.2, 0) is 48.2 Å². The molecule has 0 spiro atoms. The van der Waals surface area contributed by atoms with Crippen molar-refractivity contribution in [2.45, 2.75) is 201 Å². The molecule has 15 nitrogen and oxygen atoms in total. The zero-order valence-corrected chi connectivity index (χ0v) is 48.9. The van der Waals surface area contributed by atoms with E-state index in [0.717, 1.165) is 103 Å². The van der Waals surface area contributed by atoms with Crippen LogP contribution < -0.4 is 0 Å². The number of likely N-dealkylation sites (N-methyl/N-ethyl adjacent to an activating group) is 1. The Morgan fingerprint density at radius 1 is 0.500 bits per heavy atom. The second-order valence-corrected chi connectivity index (χ2v) is 22.5. The van der Waals surface area contributed by atoms with Crippen molar-refractivity contribution in [3.05, 3.63) is 36.4 Å². The number of imidazole rings is 2. The Balaban J connectivity index is 0.000000864. The van der Waals surface area contributed by atoms with Crippen molar-refractivity contribution in [1.29, 1.82) is 0 Å². The van der Waals surface area contributed by atoms with Crippen LogP contribution in [-0.4, -0.2) is 151 Å². The van der Waals surface area contributed by atoms with E-state index in [1.54, 1.807) is 18.6 Å². The third-order valence-electron chi connectivity index (χ3n) is 13.4. The first-order chi connectivity index (χ1) is 34.4. The first-order valence-corrected chi connectivity index (χ1v) is 28.4. The zero-order valence-electron chi connectivity index (χ0n) is 48.9. The van der Waals surface area contributed by atoms with Gasteiger partial charge in [0.2, 0.25) is 23.6 Å². The van der Waals surface area contributed by atoms with E-state index in [1.165, 1.54) is 57.8 Å². The van der Waals surface area contributed by atoms with Gasteiger partial charge in [-0.25, -0.2) is 9.97 Å². The van der Waals surface area contributed by atoms with Crippen molar-refractivity contribution in [1.82, 2.24) is 44.0 Å². The highest BCUT2D eigenvalue weighted by Crippen LogP contribution is 2.19. The minimum absolute atomic E-state index is 0. The van der Waals surface area contributed by atoms with E-state index in [2.05, 4.69) is 38.3 Å². The summed E-state index contributed by atoms with van der Waals surface area (Å²) in [5.41, 5.74) is -0.228. The molecule has 2 aromatic rings. The first kappa shape index (κ1) is 69.6. The number of carbonyl (C=O) groups is 6. The molecule has 4 fully saturated rings. The summed E-state index contributed by atoms with van der Waals surface area (Å²) in [7, 11) is 0. The van der Waals surface area contributed by atoms with Gasteiger partial charge in [0, 0.05) is 157 Å². The maximum absolute atomic E-state index is 11.9. The summed E-state index contributed by atoms with van der Waals surface area (Å²) in [4.78, 5) is 90.4. The van der Waals surface area contributed by atoms with Gasteiger partial charge in [0.05, 0.1) is 0 Å². The van der Waals surface area contributed by atoms with Gasteiger partial charge in [0.1, 0.15) is 23.2 Å². The standard InChI is InChI=1S/C11H22N2O.C11H18N2O.C9H14N2O.3C9H17NO.CH4/c1-5-12-6-8-13(9-7-12)10(14)11(2,3)4;1-4-13-8-7-12-11(13)6-5-10(14)9(2)3;1-7(2)8(12)3-4-9-10-5-6-11-9;3*1-8(2)9(11)10-6-4-3-5-7-10;/h5-9H2,1-4H3;7-9H,4-6H2,1-3H3;5-7H,3-4H2,1-2H3,(H,10,11);3*8H,3-7H2,1-2H3;1H4. The van der Waals surface area contributed by atoms with Gasteiger partial charge in [-0.15, -0.1) is 0 Å². The van der Waals surface area contributed by atoms with Gasteiger partial charge in [-0.3, -0.25) is 28.8 Å². The number of nitrogens with one attached hydrogen (secondary N) is 1.